The predicted octanol–water partition coefficient (Wildman–Crippen LogP) is 2.27. The normalized spacial score (nSPS) is 12.7. The van der Waals surface area contributed by atoms with Gasteiger partial charge in [-0.05, 0) is 40.5 Å². The lowest BCUT2D eigenvalue weighted by molar-refractivity contribution is 0.368. The summed E-state index contributed by atoms with van der Waals surface area (Å²) in [5.74, 6) is 1.22. The second-order valence-corrected chi connectivity index (χ2v) is 10.7. The smallest absolute Gasteiger partial charge is 0.241 e. The average Bonchev–Trinajstić information content (AvgIpc) is 3.00. The molecular weight excluding hydrogens is 446 g/mol. The minimum atomic E-state index is -3.86. The molecule has 144 valence electrons. The van der Waals surface area contributed by atoms with Crippen LogP contribution in [-0.4, -0.2) is 39.8 Å². The van der Waals surface area contributed by atoms with E-state index in [1.807, 2.05) is 13.8 Å². The fourth-order valence-electron chi connectivity index (χ4n) is 2.05. The summed E-state index contributed by atoms with van der Waals surface area (Å²) in [6.45, 7) is 4.05. The minimum absolute atomic E-state index is 0.0619. The van der Waals surface area contributed by atoms with E-state index in [9.17, 15) is 16.8 Å². The highest BCUT2D eigenvalue weighted by Gasteiger charge is 2.20. The third-order valence-corrected chi connectivity index (χ3v) is 7.05. The number of aryl methyl sites for hydroxylation is 1. The van der Waals surface area contributed by atoms with E-state index < -0.39 is 19.9 Å². The molecule has 0 radical (unpaired) electrons. The van der Waals surface area contributed by atoms with Gasteiger partial charge in [0.05, 0.1) is 9.79 Å². The third-order valence-electron chi connectivity index (χ3n) is 3.48. The zero-order valence-corrected chi connectivity index (χ0v) is 17.8. The molecule has 0 saturated heterocycles. The SMILES string of the molecule is CC(C)c1noc(CCCNS(=O)(=O)c2cc(S(C)(=O)=O)ccc2Br)n1. The van der Waals surface area contributed by atoms with Crippen LogP contribution in [0, 0.1) is 0 Å². The summed E-state index contributed by atoms with van der Waals surface area (Å²) in [6, 6.07) is 3.88. The molecule has 0 unspecified atom stereocenters. The fourth-order valence-corrected chi connectivity index (χ4v) is 4.83. The Labute approximate surface area is 161 Å². The molecular formula is C15H20BrN3O5S2. The molecule has 0 aliphatic heterocycles. The lowest BCUT2D eigenvalue weighted by Gasteiger charge is -2.09. The molecule has 2 aromatic rings. The van der Waals surface area contributed by atoms with Gasteiger partial charge >= 0.3 is 0 Å². The van der Waals surface area contributed by atoms with Crippen LogP contribution in [0.25, 0.3) is 0 Å². The van der Waals surface area contributed by atoms with Crippen molar-refractivity contribution in [2.75, 3.05) is 12.8 Å². The van der Waals surface area contributed by atoms with Gasteiger partial charge in [-0.25, -0.2) is 21.6 Å². The molecule has 2 rings (SSSR count). The van der Waals surface area contributed by atoms with Crippen LogP contribution in [0.3, 0.4) is 0 Å². The van der Waals surface area contributed by atoms with Gasteiger partial charge in [-0.3, -0.25) is 0 Å². The van der Waals surface area contributed by atoms with Gasteiger partial charge in [0.15, 0.2) is 15.7 Å². The Balaban J connectivity index is 2.02. The van der Waals surface area contributed by atoms with Crippen molar-refractivity contribution >= 4 is 35.8 Å². The van der Waals surface area contributed by atoms with E-state index in [0.29, 0.717) is 24.6 Å². The Bertz CT molecular complexity index is 984. The van der Waals surface area contributed by atoms with Gasteiger partial charge in [-0.1, -0.05) is 19.0 Å². The van der Waals surface area contributed by atoms with E-state index in [-0.39, 0.29) is 26.7 Å². The standard InChI is InChI=1S/C15H20BrN3O5S2/c1-10(2)15-18-14(24-19-15)5-4-8-17-26(22,23)13-9-11(25(3,20)21)6-7-12(13)16/h6-7,9-10,17H,4-5,8H2,1-3H3. The second kappa shape index (κ2) is 8.15. The van der Waals surface area contributed by atoms with Crippen molar-refractivity contribution in [3.05, 3.63) is 34.4 Å². The Morgan fingerprint density at radius 1 is 1.23 bits per heavy atom. The largest absolute Gasteiger partial charge is 0.339 e. The number of benzene rings is 1. The van der Waals surface area contributed by atoms with E-state index in [2.05, 4.69) is 30.8 Å². The minimum Gasteiger partial charge on any atom is -0.339 e. The van der Waals surface area contributed by atoms with Crippen molar-refractivity contribution < 1.29 is 21.4 Å². The molecule has 0 amide bonds. The molecule has 0 spiro atoms. The van der Waals surface area contributed by atoms with Gasteiger partial charge in [-0.2, -0.15) is 4.98 Å². The second-order valence-electron chi connectivity index (χ2n) is 6.07. The number of hydrogen-bond acceptors (Lipinski definition) is 7. The van der Waals surface area contributed by atoms with Gasteiger partial charge in [0.2, 0.25) is 15.9 Å². The number of sulfonamides is 1. The van der Waals surface area contributed by atoms with E-state index in [1.165, 1.54) is 12.1 Å². The molecule has 8 nitrogen and oxygen atoms in total. The Kier molecular flexibility index (Phi) is 6.59. The van der Waals surface area contributed by atoms with Crippen LogP contribution in [-0.2, 0) is 26.3 Å². The van der Waals surface area contributed by atoms with Crippen LogP contribution >= 0.6 is 15.9 Å². The molecule has 11 heteroatoms. The van der Waals surface area contributed by atoms with Gasteiger partial charge in [0, 0.05) is 29.6 Å². The van der Waals surface area contributed by atoms with E-state index in [4.69, 9.17) is 4.52 Å². The van der Waals surface area contributed by atoms with Gasteiger partial charge in [0.25, 0.3) is 0 Å². The summed E-state index contributed by atoms with van der Waals surface area (Å²) in [5, 5.41) is 3.85. The molecule has 0 aliphatic rings. The molecule has 1 heterocycles. The number of rotatable bonds is 8. The summed E-state index contributed by atoms with van der Waals surface area (Å²) >= 11 is 3.15. The van der Waals surface area contributed by atoms with Crippen LogP contribution in [0.2, 0.25) is 0 Å². The molecule has 0 fully saturated rings. The number of aromatic nitrogens is 2. The molecule has 1 aromatic carbocycles. The summed E-state index contributed by atoms with van der Waals surface area (Å²) in [7, 11) is -7.37. The molecule has 26 heavy (non-hydrogen) atoms. The maximum atomic E-state index is 12.4. The van der Waals surface area contributed by atoms with Crippen LogP contribution in [0.15, 0.2) is 37.0 Å². The molecule has 1 aromatic heterocycles. The topological polar surface area (TPSA) is 119 Å². The monoisotopic (exact) mass is 465 g/mol. The van der Waals surface area contributed by atoms with Crippen LogP contribution in [0.4, 0.5) is 0 Å². The van der Waals surface area contributed by atoms with E-state index in [0.717, 1.165) is 12.3 Å². The Hall–Kier alpha value is -1.30. The summed E-state index contributed by atoms with van der Waals surface area (Å²) in [6.07, 6.45) is 1.92. The zero-order valence-electron chi connectivity index (χ0n) is 14.6. The third kappa shape index (κ3) is 5.35. The number of sulfone groups is 1. The van der Waals surface area contributed by atoms with Crippen molar-refractivity contribution in [2.24, 2.45) is 0 Å². The zero-order chi connectivity index (χ0) is 19.5. The van der Waals surface area contributed by atoms with E-state index >= 15 is 0 Å². The Morgan fingerprint density at radius 3 is 2.50 bits per heavy atom. The maximum Gasteiger partial charge on any atom is 0.241 e. The van der Waals surface area contributed by atoms with Gasteiger partial charge in [-0.15, -0.1) is 0 Å². The highest BCUT2D eigenvalue weighted by atomic mass is 79.9. The van der Waals surface area contributed by atoms with Gasteiger partial charge in [0.1, 0.15) is 0 Å². The summed E-state index contributed by atoms with van der Waals surface area (Å²) in [4.78, 5) is 4.04. The van der Waals surface area contributed by atoms with E-state index in [1.54, 1.807) is 0 Å². The highest BCUT2D eigenvalue weighted by molar-refractivity contribution is 9.10. The molecule has 1 N–H and O–H groups in total. The van der Waals surface area contributed by atoms with Crippen molar-refractivity contribution in [3.63, 3.8) is 0 Å². The van der Waals surface area contributed by atoms with Crippen LogP contribution < -0.4 is 4.72 Å². The van der Waals surface area contributed by atoms with Crippen LogP contribution in [0.5, 0.6) is 0 Å². The first-order valence-corrected chi connectivity index (χ1v) is 12.0. The molecule has 0 saturated carbocycles. The van der Waals surface area contributed by atoms with Crippen molar-refractivity contribution in [1.29, 1.82) is 0 Å². The summed E-state index contributed by atoms with van der Waals surface area (Å²) < 4.78 is 56.0. The molecule has 0 bridgehead atoms. The number of hydrogen-bond donors (Lipinski definition) is 1. The number of nitrogens with zero attached hydrogens (tertiary/aromatic N) is 2. The van der Waals surface area contributed by atoms with Crippen LogP contribution in [0.1, 0.15) is 37.9 Å². The highest BCUT2D eigenvalue weighted by Crippen LogP contribution is 2.25. The van der Waals surface area contributed by atoms with Crippen molar-refractivity contribution in [3.8, 4) is 0 Å². The van der Waals surface area contributed by atoms with Crippen molar-refractivity contribution in [1.82, 2.24) is 14.9 Å². The molecule has 0 aliphatic carbocycles. The van der Waals surface area contributed by atoms with Crippen molar-refractivity contribution in [2.45, 2.75) is 42.4 Å². The lowest BCUT2D eigenvalue weighted by atomic mass is 10.2. The number of nitrogens with one attached hydrogen (secondary N) is 1. The Morgan fingerprint density at radius 2 is 1.92 bits per heavy atom. The first-order chi connectivity index (χ1) is 12.0. The number of halogens is 1. The maximum absolute atomic E-state index is 12.4. The quantitative estimate of drug-likeness (QED) is 0.593. The first kappa shape index (κ1) is 21.0. The fraction of sp³-hybridized carbons (Fsp3) is 0.467. The lowest BCUT2D eigenvalue weighted by Crippen LogP contribution is -2.25. The average molecular weight is 466 g/mol. The van der Waals surface area contributed by atoms with Gasteiger partial charge < -0.3 is 4.52 Å². The predicted molar refractivity (Wildman–Crippen MR) is 99.1 cm³/mol. The summed E-state index contributed by atoms with van der Waals surface area (Å²) in [5.41, 5.74) is 0. The first-order valence-electron chi connectivity index (χ1n) is 7.82. The molecule has 0 atom stereocenters.